The maximum Gasteiger partial charge on any atom is 0.333 e. The number of unbranched alkanes of at least 4 members (excludes halogenated alkanes) is 2. The van der Waals surface area contributed by atoms with Gasteiger partial charge in [-0.05, 0) is 104 Å². The van der Waals surface area contributed by atoms with Crippen molar-refractivity contribution in [2.24, 2.45) is 0 Å². The minimum Gasteiger partial charge on any atom is -0.365 e. The second-order valence-corrected chi connectivity index (χ2v) is 15.6. The largest absolute Gasteiger partial charge is 0.365 e. The SMILES string of the molecule is C[C@H]1NC(O)N[C@H]1CSCCCCCC(=O)NCc1cn(-c2cccc(S(=O)(=O)NC(=O)Nc3c4c(cc5c3CCC5)CCC4)c2)nn1. The van der Waals surface area contributed by atoms with E-state index in [1.54, 1.807) is 18.3 Å². The lowest BCUT2D eigenvalue weighted by Crippen LogP contribution is -2.35. The molecule has 1 unspecified atom stereocenters. The quantitative estimate of drug-likeness (QED) is 0.137. The third-order valence-electron chi connectivity index (χ3n) is 9.22. The lowest BCUT2D eigenvalue weighted by molar-refractivity contribution is -0.121. The number of fused-ring (bicyclic) bond motifs is 2. The first-order valence-electron chi connectivity index (χ1n) is 16.7. The summed E-state index contributed by atoms with van der Waals surface area (Å²) in [5, 5.41) is 29.7. The number of nitrogens with one attached hydrogen (secondary N) is 5. The number of thioether (sulfide) groups is 1. The maximum atomic E-state index is 13.2. The Kier molecular flexibility index (Phi) is 11.0. The fourth-order valence-electron chi connectivity index (χ4n) is 6.69. The number of aliphatic hydroxyl groups is 1. The Morgan fingerprint density at radius 1 is 1.04 bits per heavy atom. The zero-order valence-corrected chi connectivity index (χ0v) is 28.8. The Morgan fingerprint density at radius 3 is 2.54 bits per heavy atom. The van der Waals surface area contributed by atoms with Crippen molar-refractivity contribution < 1.29 is 23.1 Å². The summed E-state index contributed by atoms with van der Waals surface area (Å²) in [6.07, 6.45) is 9.96. The topological polar surface area (TPSA) is 179 Å². The van der Waals surface area contributed by atoms with Gasteiger partial charge in [-0.25, -0.2) is 22.6 Å². The van der Waals surface area contributed by atoms with Gasteiger partial charge in [0.2, 0.25) is 5.91 Å². The monoisotopic (exact) mass is 696 g/mol. The van der Waals surface area contributed by atoms with Crippen LogP contribution < -0.4 is 26.0 Å². The van der Waals surface area contributed by atoms with E-state index in [1.807, 2.05) is 11.8 Å². The molecule has 3 aliphatic rings. The zero-order chi connectivity index (χ0) is 33.7. The summed E-state index contributed by atoms with van der Waals surface area (Å²) < 4.78 is 30.1. The minimum atomic E-state index is -4.17. The Balaban J connectivity index is 0.952. The number of carbonyl (C=O) groups is 2. The van der Waals surface area contributed by atoms with E-state index in [4.69, 9.17) is 0 Å². The molecular formula is C33H44N8O5S2. The molecule has 1 aliphatic heterocycles. The van der Waals surface area contributed by atoms with Crippen LogP contribution in [0.2, 0.25) is 0 Å². The highest BCUT2D eigenvalue weighted by Gasteiger charge is 2.28. The van der Waals surface area contributed by atoms with Crippen molar-refractivity contribution >= 4 is 39.4 Å². The highest BCUT2D eigenvalue weighted by atomic mass is 32.2. The number of urea groups is 1. The molecule has 13 nitrogen and oxygen atoms in total. The number of nitrogens with zero attached hydrogens (tertiary/aromatic N) is 3. The number of aliphatic hydroxyl groups excluding tert-OH is 1. The molecule has 6 N–H and O–H groups in total. The summed E-state index contributed by atoms with van der Waals surface area (Å²) >= 11 is 1.85. The van der Waals surface area contributed by atoms with E-state index in [1.165, 1.54) is 27.9 Å². The van der Waals surface area contributed by atoms with E-state index < -0.39 is 22.4 Å². The van der Waals surface area contributed by atoms with Crippen LogP contribution in [0.25, 0.3) is 5.69 Å². The van der Waals surface area contributed by atoms with Crippen LogP contribution in [0.5, 0.6) is 0 Å². The number of rotatable bonds is 14. The highest BCUT2D eigenvalue weighted by Crippen LogP contribution is 2.38. The third kappa shape index (κ3) is 8.37. The summed E-state index contributed by atoms with van der Waals surface area (Å²) in [6, 6.07) is 8.08. The van der Waals surface area contributed by atoms with Gasteiger partial charge in [-0.3, -0.25) is 15.4 Å². The van der Waals surface area contributed by atoms with Crippen molar-refractivity contribution in [3.63, 3.8) is 0 Å². The normalized spacial score (nSPS) is 20.0. The van der Waals surface area contributed by atoms with Crippen molar-refractivity contribution in [1.29, 1.82) is 0 Å². The summed E-state index contributed by atoms with van der Waals surface area (Å²) in [4.78, 5) is 25.3. The molecule has 2 aliphatic carbocycles. The average Bonchev–Trinajstić information content (AvgIpc) is 3.87. The van der Waals surface area contributed by atoms with E-state index in [0.717, 1.165) is 86.1 Å². The molecule has 15 heteroatoms. The first-order valence-corrected chi connectivity index (χ1v) is 19.4. The molecule has 0 spiro atoms. The first-order chi connectivity index (χ1) is 23.2. The second-order valence-electron chi connectivity index (χ2n) is 12.7. The lowest BCUT2D eigenvalue weighted by Gasteiger charge is -2.16. The van der Waals surface area contributed by atoms with Crippen LogP contribution in [0.15, 0.2) is 41.4 Å². The number of sulfonamides is 1. The van der Waals surface area contributed by atoms with Gasteiger partial charge in [0.1, 0.15) is 5.69 Å². The van der Waals surface area contributed by atoms with Crippen molar-refractivity contribution in [2.75, 3.05) is 16.8 Å². The second kappa shape index (κ2) is 15.4. The fourth-order valence-corrected chi connectivity index (χ4v) is 8.85. The molecule has 0 saturated carbocycles. The number of carbonyl (C=O) groups excluding carboxylic acids is 2. The van der Waals surface area contributed by atoms with E-state index in [2.05, 4.69) is 49.3 Å². The van der Waals surface area contributed by atoms with Gasteiger partial charge in [0.15, 0.2) is 6.35 Å². The van der Waals surface area contributed by atoms with Crippen LogP contribution in [0.3, 0.4) is 0 Å². The number of hydrogen-bond donors (Lipinski definition) is 6. The van der Waals surface area contributed by atoms with Gasteiger partial charge in [0, 0.05) is 29.9 Å². The van der Waals surface area contributed by atoms with Crippen LogP contribution in [0, 0.1) is 0 Å². The Hall–Kier alpha value is -3.50. The molecule has 1 aromatic heterocycles. The van der Waals surface area contributed by atoms with Gasteiger partial charge < -0.3 is 15.7 Å². The molecular weight excluding hydrogens is 653 g/mol. The minimum absolute atomic E-state index is 0.0656. The van der Waals surface area contributed by atoms with E-state index in [-0.39, 0.29) is 29.4 Å². The molecule has 1 saturated heterocycles. The van der Waals surface area contributed by atoms with E-state index >= 15 is 0 Å². The van der Waals surface area contributed by atoms with Gasteiger partial charge in [-0.1, -0.05) is 23.8 Å². The fraction of sp³-hybridized carbons (Fsp3) is 0.515. The Labute approximate surface area is 285 Å². The van der Waals surface area contributed by atoms with Crippen LogP contribution in [0.4, 0.5) is 10.5 Å². The van der Waals surface area contributed by atoms with Gasteiger partial charge in [0.05, 0.1) is 23.3 Å². The van der Waals surface area contributed by atoms with Crippen molar-refractivity contribution in [1.82, 2.24) is 35.7 Å². The molecule has 0 bridgehead atoms. The van der Waals surface area contributed by atoms with Gasteiger partial charge >= 0.3 is 6.03 Å². The molecule has 6 rings (SSSR count). The molecule has 2 heterocycles. The van der Waals surface area contributed by atoms with E-state index in [9.17, 15) is 23.1 Å². The molecule has 258 valence electrons. The van der Waals surface area contributed by atoms with Gasteiger partial charge in [-0.15, -0.1) is 5.10 Å². The summed E-state index contributed by atoms with van der Waals surface area (Å²) in [5.41, 5.74) is 6.50. The Morgan fingerprint density at radius 2 is 1.81 bits per heavy atom. The van der Waals surface area contributed by atoms with Gasteiger partial charge in [0.25, 0.3) is 10.0 Å². The van der Waals surface area contributed by atoms with E-state index in [0.29, 0.717) is 17.8 Å². The molecule has 0 radical (unpaired) electrons. The Bertz CT molecular complexity index is 1720. The number of amides is 3. The molecule has 3 amide bonds. The molecule has 3 aromatic rings. The highest BCUT2D eigenvalue weighted by molar-refractivity contribution is 7.99. The summed E-state index contributed by atoms with van der Waals surface area (Å²) in [6.45, 7) is 2.26. The molecule has 48 heavy (non-hydrogen) atoms. The molecule has 1 fully saturated rings. The standard InChI is InChI=1S/C33H44N8O5S2/c1-21-29(36-32(43)35-21)20-47-15-4-2-3-14-30(42)34-18-24-19-41(40-38-24)25-10-7-11-26(17-25)48(45,46)39-33(44)37-31-27-12-5-8-22(27)16-23-9-6-13-28(23)31/h7,10-11,16-17,19,21,29,32,35-36,43H,2-6,8-9,12-15,18,20H2,1H3,(H,34,42)(H2,37,39,44)/t21-,29+,32?/m1/s1. The predicted molar refractivity (Wildman–Crippen MR) is 184 cm³/mol. The average molecular weight is 697 g/mol. The first kappa shape index (κ1) is 34.4. The zero-order valence-electron chi connectivity index (χ0n) is 27.1. The maximum absolute atomic E-state index is 13.2. The van der Waals surface area contributed by atoms with Crippen LogP contribution in [0.1, 0.15) is 73.4 Å². The molecule has 2 aromatic carbocycles. The van der Waals surface area contributed by atoms with Crippen molar-refractivity contribution in [3.05, 3.63) is 64.5 Å². The van der Waals surface area contributed by atoms with Crippen LogP contribution in [-0.4, -0.2) is 70.4 Å². The van der Waals surface area contributed by atoms with Crippen molar-refractivity contribution in [2.45, 2.75) is 101 Å². The number of benzene rings is 2. The third-order valence-corrected chi connectivity index (χ3v) is 11.7. The summed E-state index contributed by atoms with van der Waals surface area (Å²) in [5.74, 6) is 1.87. The number of hydrogen-bond acceptors (Lipinski definition) is 10. The van der Waals surface area contributed by atoms with Crippen LogP contribution >= 0.6 is 11.8 Å². The van der Waals surface area contributed by atoms with Crippen LogP contribution in [-0.2, 0) is 47.0 Å². The molecule has 3 atom stereocenters. The number of aryl methyl sites for hydroxylation is 2. The predicted octanol–water partition coefficient (Wildman–Crippen LogP) is 2.89. The lowest BCUT2D eigenvalue weighted by atomic mass is 9.99. The van der Waals surface area contributed by atoms with Crippen molar-refractivity contribution in [3.8, 4) is 5.69 Å². The number of anilines is 1. The smallest absolute Gasteiger partial charge is 0.333 e. The summed E-state index contributed by atoms with van der Waals surface area (Å²) in [7, 11) is -4.17. The number of aromatic nitrogens is 3. The van der Waals surface area contributed by atoms with Gasteiger partial charge in [-0.2, -0.15) is 11.8 Å².